The number of hydrogen-bond donors (Lipinski definition) is 1. The zero-order valence-electron chi connectivity index (χ0n) is 16.7. The van der Waals surface area contributed by atoms with Gasteiger partial charge in [-0.2, -0.15) is 0 Å². The number of para-hydroxylation sites is 2. The van der Waals surface area contributed by atoms with Crippen molar-refractivity contribution in [2.45, 2.75) is 6.61 Å². The summed E-state index contributed by atoms with van der Waals surface area (Å²) in [6.07, 6.45) is 1.82. The summed E-state index contributed by atoms with van der Waals surface area (Å²) in [5.74, 6) is 1.19. The van der Waals surface area contributed by atoms with Crippen LogP contribution in [-0.2, 0) is 11.4 Å². The average molecular weight is 451 g/mol. The second kappa shape index (κ2) is 9.73. The average Bonchev–Trinajstić information content (AvgIpc) is 3.13. The molecule has 0 bridgehead atoms. The Kier molecular flexibility index (Phi) is 6.60. The van der Waals surface area contributed by atoms with E-state index in [-0.39, 0.29) is 5.91 Å². The van der Waals surface area contributed by atoms with Crippen molar-refractivity contribution in [3.8, 4) is 11.5 Å². The molecular formula is C24H19ClN2O3S. The minimum absolute atomic E-state index is 0.183. The Morgan fingerprint density at radius 1 is 1.03 bits per heavy atom. The van der Waals surface area contributed by atoms with Gasteiger partial charge in [-0.1, -0.05) is 54.1 Å². The first-order valence-corrected chi connectivity index (χ1v) is 10.7. The van der Waals surface area contributed by atoms with Gasteiger partial charge >= 0.3 is 0 Å². The minimum Gasteiger partial charge on any atom is -0.494 e. The fraction of sp³-hybridized carbons (Fsp3) is 0.0833. The Morgan fingerprint density at radius 2 is 1.77 bits per heavy atom. The van der Waals surface area contributed by atoms with Crippen LogP contribution in [0.4, 0.5) is 5.69 Å². The molecule has 5 nitrogen and oxygen atoms in total. The third kappa shape index (κ3) is 5.29. The number of carbonyl (C=O) groups excluding carboxylic acids is 1. The number of nitrogens with zero attached hydrogens (tertiary/aromatic N) is 1. The van der Waals surface area contributed by atoms with Gasteiger partial charge in [-0.3, -0.25) is 4.79 Å². The van der Waals surface area contributed by atoms with Gasteiger partial charge in [0, 0.05) is 10.6 Å². The topological polar surface area (TPSA) is 59.9 Å². The second-order valence-corrected chi connectivity index (χ2v) is 8.04. The van der Waals surface area contributed by atoms with Crippen LogP contribution < -0.4 is 14.8 Å². The van der Waals surface area contributed by atoms with Gasteiger partial charge in [0.1, 0.15) is 23.8 Å². The third-order valence-electron chi connectivity index (χ3n) is 4.49. The molecule has 0 spiro atoms. The maximum Gasteiger partial charge on any atom is 0.264 e. The number of carbonyl (C=O) groups is 1. The van der Waals surface area contributed by atoms with Crippen molar-refractivity contribution in [3.05, 3.63) is 93.9 Å². The van der Waals surface area contributed by atoms with Crippen molar-refractivity contribution >= 4 is 46.2 Å². The molecule has 3 aromatic rings. The number of methoxy groups -OCH3 is 1. The van der Waals surface area contributed by atoms with Gasteiger partial charge in [-0.05, 0) is 53.7 Å². The molecule has 1 aliphatic rings. The predicted molar refractivity (Wildman–Crippen MR) is 126 cm³/mol. The van der Waals surface area contributed by atoms with E-state index in [1.54, 1.807) is 7.11 Å². The maximum absolute atomic E-state index is 12.3. The highest BCUT2D eigenvalue weighted by atomic mass is 35.5. The van der Waals surface area contributed by atoms with Crippen LogP contribution in [0.2, 0.25) is 5.02 Å². The number of rotatable bonds is 6. The first-order chi connectivity index (χ1) is 15.1. The number of benzene rings is 3. The van der Waals surface area contributed by atoms with Crippen molar-refractivity contribution < 1.29 is 14.3 Å². The zero-order valence-corrected chi connectivity index (χ0v) is 18.2. The quantitative estimate of drug-likeness (QED) is 0.481. The van der Waals surface area contributed by atoms with Crippen LogP contribution in [-0.4, -0.2) is 18.2 Å². The first-order valence-electron chi connectivity index (χ1n) is 9.51. The Balaban J connectivity index is 1.43. The SMILES string of the molecule is COc1ccccc1N=C1NC(=O)/C(=C/c2ccc(OCc3ccccc3Cl)cc2)S1. The summed E-state index contributed by atoms with van der Waals surface area (Å²) in [6, 6.07) is 22.5. The standard InChI is InChI=1S/C24H19ClN2O3S/c1-29-21-9-5-4-8-20(21)26-24-27-23(28)22(31-24)14-16-10-12-18(13-11-16)30-15-17-6-2-3-7-19(17)25/h2-14H,15H2,1H3,(H,26,27,28)/b22-14-. The molecule has 0 aromatic heterocycles. The number of nitrogens with one attached hydrogen (secondary N) is 1. The Hall–Kier alpha value is -3.22. The Labute approximate surface area is 189 Å². The van der Waals surface area contributed by atoms with E-state index < -0.39 is 0 Å². The summed E-state index contributed by atoms with van der Waals surface area (Å²) in [5.41, 5.74) is 2.48. The van der Waals surface area contributed by atoms with Gasteiger partial charge in [0.25, 0.3) is 5.91 Å². The van der Waals surface area contributed by atoms with Gasteiger partial charge in [0.2, 0.25) is 0 Å². The van der Waals surface area contributed by atoms with Crippen LogP contribution in [0.25, 0.3) is 6.08 Å². The molecule has 0 atom stereocenters. The minimum atomic E-state index is -0.183. The highest BCUT2D eigenvalue weighted by Crippen LogP contribution is 2.32. The lowest BCUT2D eigenvalue weighted by atomic mass is 10.2. The number of amides is 1. The van der Waals surface area contributed by atoms with Crippen LogP contribution in [0.1, 0.15) is 11.1 Å². The summed E-state index contributed by atoms with van der Waals surface area (Å²) in [4.78, 5) is 17.4. The lowest BCUT2D eigenvalue weighted by Crippen LogP contribution is -2.19. The monoisotopic (exact) mass is 450 g/mol. The molecule has 0 radical (unpaired) electrons. The lowest BCUT2D eigenvalue weighted by molar-refractivity contribution is -0.115. The molecule has 0 unspecified atom stereocenters. The van der Waals surface area contributed by atoms with E-state index in [0.29, 0.717) is 33.1 Å². The number of halogens is 1. The third-order valence-corrected chi connectivity index (χ3v) is 5.77. The van der Waals surface area contributed by atoms with Crippen molar-refractivity contribution in [1.82, 2.24) is 5.32 Å². The van der Waals surface area contributed by atoms with Gasteiger partial charge in [0.05, 0.1) is 12.0 Å². The largest absolute Gasteiger partial charge is 0.494 e. The number of amidine groups is 1. The fourth-order valence-corrected chi connectivity index (χ4v) is 3.93. The van der Waals surface area contributed by atoms with E-state index in [1.165, 1.54) is 11.8 Å². The van der Waals surface area contributed by atoms with E-state index >= 15 is 0 Å². The first kappa shape index (κ1) is 21.0. The van der Waals surface area contributed by atoms with Crippen LogP contribution in [0.15, 0.2) is 82.7 Å². The number of thioether (sulfide) groups is 1. The fourth-order valence-electron chi connectivity index (χ4n) is 2.90. The molecule has 156 valence electrons. The molecule has 0 aliphatic carbocycles. The van der Waals surface area contributed by atoms with E-state index in [2.05, 4.69) is 10.3 Å². The number of ether oxygens (including phenoxy) is 2. The second-order valence-electron chi connectivity index (χ2n) is 6.60. The lowest BCUT2D eigenvalue weighted by Gasteiger charge is -2.08. The molecule has 1 fully saturated rings. The molecule has 1 amide bonds. The van der Waals surface area contributed by atoms with Gasteiger partial charge in [-0.25, -0.2) is 4.99 Å². The highest BCUT2D eigenvalue weighted by Gasteiger charge is 2.24. The normalized spacial score (nSPS) is 15.9. The van der Waals surface area contributed by atoms with Crippen molar-refractivity contribution in [3.63, 3.8) is 0 Å². The Bertz CT molecular complexity index is 1160. The van der Waals surface area contributed by atoms with Crippen molar-refractivity contribution in [2.75, 3.05) is 7.11 Å². The molecule has 4 rings (SSSR count). The molecule has 7 heteroatoms. The zero-order chi connectivity index (χ0) is 21.6. The van der Waals surface area contributed by atoms with Crippen molar-refractivity contribution in [1.29, 1.82) is 0 Å². The molecule has 1 aliphatic heterocycles. The van der Waals surface area contributed by atoms with Gasteiger partial charge < -0.3 is 14.8 Å². The van der Waals surface area contributed by atoms with Gasteiger partial charge in [0.15, 0.2) is 5.17 Å². The maximum atomic E-state index is 12.3. The summed E-state index contributed by atoms with van der Waals surface area (Å²) in [7, 11) is 1.59. The smallest absolute Gasteiger partial charge is 0.264 e. The van der Waals surface area contributed by atoms with E-state index in [4.69, 9.17) is 21.1 Å². The van der Waals surface area contributed by atoms with Gasteiger partial charge in [-0.15, -0.1) is 0 Å². The number of aliphatic imine (C=N–C) groups is 1. The molecule has 1 saturated heterocycles. The van der Waals surface area contributed by atoms with E-state index in [0.717, 1.165) is 16.9 Å². The number of hydrogen-bond acceptors (Lipinski definition) is 5. The van der Waals surface area contributed by atoms with Crippen LogP contribution in [0.3, 0.4) is 0 Å². The van der Waals surface area contributed by atoms with Crippen LogP contribution >= 0.6 is 23.4 Å². The molecule has 1 heterocycles. The van der Waals surface area contributed by atoms with E-state index in [1.807, 2.05) is 78.9 Å². The Morgan fingerprint density at radius 3 is 2.55 bits per heavy atom. The molecule has 1 N–H and O–H groups in total. The van der Waals surface area contributed by atoms with Crippen molar-refractivity contribution in [2.24, 2.45) is 4.99 Å². The molecule has 3 aromatic carbocycles. The summed E-state index contributed by atoms with van der Waals surface area (Å²) in [6.45, 7) is 0.390. The van der Waals surface area contributed by atoms with E-state index in [9.17, 15) is 4.79 Å². The predicted octanol–water partition coefficient (Wildman–Crippen LogP) is 5.82. The molecule has 0 saturated carbocycles. The highest BCUT2D eigenvalue weighted by molar-refractivity contribution is 8.18. The summed E-state index contributed by atoms with van der Waals surface area (Å²) in [5, 5.41) is 3.99. The molecule has 31 heavy (non-hydrogen) atoms. The molecular weight excluding hydrogens is 432 g/mol. The van der Waals surface area contributed by atoms with Crippen LogP contribution in [0.5, 0.6) is 11.5 Å². The summed E-state index contributed by atoms with van der Waals surface area (Å²) >= 11 is 7.45. The summed E-state index contributed by atoms with van der Waals surface area (Å²) < 4.78 is 11.1. The van der Waals surface area contributed by atoms with Crippen LogP contribution in [0, 0.1) is 0 Å².